The zero-order valence-electron chi connectivity index (χ0n) is 8.73. The summed E-state index contributed by atoms with van der Waals surface area (Å²) in [6.45, 7) is 6.63. The highest BCUT2D eigenvalue weighted by molar-refractivity contribution is 5.75. The molecule has 12 heavy (non-hydrogen) atoms. The first-order valence-electron chi connectivity index (χ1n) is 4.88. The average molecular weight is 173 g/mol. The molecule has 0 aliphatic heterocycles. The molecule has 0 aliphatic rings. The van der Waals surface area contributed by atoms with E-state index in [1.807, 2.05) is 0 Å². The Labute approximate surface area is 76.5 Å². The van der Waals surface area contributed by atoms with Crippen LogP contribution in [0.25, 0.3) is 0 Å². The molecule has 2 N–H and O–H groups in total. The van der Waals surface area contributed by atoms with Crippen LogP contribution in [-0.2, 0) is 4.79 Å². The third-order valence-corrected chi connectivity index (χ3v) is 1.23. The van der Waals surface area contributed by atoms with E-state index in [2.05, 4.69) is 13.8 Å². The van der Waals surface area contributed by atoms with Gasteiger partial charge in [0.1, 0.15) is 5.78 Å². The number of nitrogens with two attached hydrogens (primary N) is 1. The molecule has 74 valence electrons. The summed E-state index contributed by atoms with van der Waals surface area (Å²) < 4.78 is 0. The van der Waals surface area contributed by atoms with E-state index in [0.29, 0.717) is 0 Å². The van der Waals surface area contributed by atoms with Gasteiger partial charge in [-0.05, 0) is 26.3 Å². The minimum Gasteiger partial charge on any atom is -0.330 e. The number of carbonyl (C=O) groups excluding carboxylic acids is 1. The van der Waals surface area contributed by atoms with Crippen molar-refractivity contribution in [3.8, 4) is 0 Å². The Morgan fingerprint density at radius 1 is 1.17 bits per heavy atom. The molecule has 0 aliphatic carbocycles. The van der Waals surface area contributed by atoms with Crippen LogP contribution in [0.15, 0.2) is 0 Å². The predicted molar refractivity (Wildman–Crippen MR) is 54.2 cm³/mol. The van der Waals surface area contributed by atoms with E-state index < -0.39 is 0 Å². The molecule has 2 nitrogen and oxygen atoms in total. The number of rotatable bonds is 5. The minimum atomic E-state index is 0.284. The van der Waals surface area contributed by atoms with Crippen LogP contribution in [-0.4, -0.2) is 12.3 Å². The second-order valence-electron chi connectivity index (χ2n) is 3.01. The second-order valence-corrected chi connectivity index (χ2v) is 3.01. The molecule has 0 fully saturated rings. The summed E-state index contributed by atoms with van der Waals surface area (Å²) in [4.78, 5) is 10.4. The number of ketones is 1. The lowest BCUT2D eigenvalue weighted by Gasteiger charge is -1.93. The summed E-state index contributed by atoms with van der Waals surface area (Å²) in [5.74, 6) is 0.284. The predicted octanol–water partition coefficient (Wildman–Crippen LogP) is 2.51. The first-order chi connectivity index (χ1) is 5.68. The molecule has 0 spiro atoms. The summed E-state index contributed by atoms with van der Waals surface area (Å²) in [7, 11) is 0. The van der Waals surface area contributed by atoms with Crippen LogP contribution in [0.4, 0.5) is 0 Å². The van der Waals surface area contributed by atoms with Gasteiger partial charge in [0.2, 0.25) is 0 Å². The van der Waals surface area contributed by atoms with E-state index >= 15 is 0 Å². The summed E-state index contributed by atoms with van der Waals surface area (Å²) >= 11 is 0. The van der Waals surface area contributed by atoms with Gasteiger partial charge >= 0.3 is 0 Å². The van der Waals surface area contributed by atoms with Crippen LogP contribution in [0.1, 0.15) is 52.9 Å². The molecular formula is C10H23NO. The lowest BCUT2D eigenvalue weighted by molar-refractivity contribution is -0.117. The summed E-state index contributed by atoms with van der Waals surface area (Å²) in [5, 5.41) is 0. The Balaban J connectivity index is 0. The molecule has 0 aromatic heterocycles. The first-order valence-corrected chi connectivity index (χ1v) is 4.88. The zero-order chi connectivity index (χ0) is 9.82. The molecule has 0 amide bonds. The van der Waals surface area contributed by atoms with Crippen molar-refractivity contribution in [3.63, 3.8) is 0 Å². The Hall–Kier alpha value is -0.370. The van der Waals surface area contributed by atoms with Crippen molar-refractivity contribution in [2.75, 3.05) is 6.54 Å². The van der Waals surface area contributed by atoms with Gasteiger partial charge in [0, 0.05) is 6.42 Å². The molecule has 0 unspecified atom stereocenters. The normalized spacial score (nSPS) is 8.67. The standard InChI is InChI=1S/C7H15NO.C3H8/c1-7(9)5-3-2-4-6-8;1-3-2/h2-6,8H2,1H3;3H2,1-2H3. The van der Waals surface area contributed by atoms with E-state index in [4.69, 9.17) is 5.73 Å². The van der Waals surface area contributed by atoms with Crippen LogP contribution < -0.4 is 5.73 Å². The van der Waals surface area contributed by atoms with Crippen molar-refractivity contribution in [1.29, 1.82) is 0 Å². The third kappa shape index (κ3) is 22.6. The maximum Gasteiger partial charge on any atom is 0.129 e. The fourth-order valence-electron chi connectivity index (χ4n) is 0.695. The average Bonchev–Trinajstić information content (AvgIpc) is 1.99. The van der Waals surface area contributed by atoms with E-state index in [1.165, 1.54) is 6.42 Å². The summed E-state index contributed by atoms with van der Waals surface area (Å²) in [6, 6.07) is 0. The van der Waals surface area contributed by atoms with Gasteiger partial charge in [-0.1, -0.05) is 26.7 Å². The van der Waals surface area contributed by atoms with E-state index in [1.54, 1.807) is 6.92 Å². The molecule has 0 atom stereocenters. The van der Waals surface area contributed by atoms with Gasteiger partial charge in [-0.3, -0.25) is 0 Å². The van der Waals surface area contributed by atoms with E-state index in [9.17, 15) is 4.79 Å². The Kier molecular flexibility index (Phi) is 15.6. The topological polar surface area (TPSA) is 43.1 Å². The fraction of sp³-hybridized carbons (Fsp3) is 0.900. The molecule has 0 rings (SSSR count). The molecule has 0 saturated heterocycles. The number of carbonyl (C=O) groups is 1. The molecule has 0 saturated carbocycles. The number of unbranched alkanes of at least 4 members (excludes halogenated alkanes) is 2. The highest BCUT2D eigenvalue weighted by atomic mass is 16.1. The highest BCUT2D eigenvalue weighted by Crippen LogP contribution is 1.98. The monoisotopic (exact) mass is 173 g/mol. The molecule has 0 heterocycles. The third-order valence-electron chi connectivity index (χ3n) is 1.23. The van der Waals surface area contributed by atoms with Crippen molar-refractivity contribution in [2.24, 2.45) is 5.73 Å². The summed E-state index contributed by atoms with van der Waals surface area (Å²) in [6.07, 6.45) is 5.12. The first kappa shape index (κ1) is 14.2. The lowest BCUT2D eigenvalue weighted by atomic mass is 10.1. The van der Waals surface area contributed by atoms with Crippen molar-refractivity contribution in [2.45, 2.75) is 52.9 Å². The smallest absolute Gasteiger partial charge is 0.129 e. The lowest BCUT2D eigenvalue weighted by Crippen LogP contribution is -1.98. The highest BCUT2D eigenvalue weighted by Gasteiger charge is 1.91. The van der Waals surface area contributed by atoms with E-state index in [-0.39, 0.29) is 5.78 Å². The van der Waals surface area contributed by atoms with Crippen LogP contribution in [0.5, 0.6) is 0 Å². The minimum absolute atomic E-state index is 0.284. The van der Waals surface area contributed by atoms with Gasteiger partial charge in [0.05, 0.1) is 0 Å². The second kappa shape index (κ2) is 13.2. The molecule has 0 aromatic carbocycles. The Morgan fingerprint density at radius 2 is 1.67 bits per heavy atom. The van der Waals surface area contributed by atoms with Crippen molar-refractivity contribution in [1.82, 2.24) is 0 Å². The van der Waals surface area contributed by atoms with Gasteiger partial charge < -0.3 is 10.5 Å². The fourth-order valence-corrected chi connectivity index (χ4v) is 0.695. The molecule has 0 aromatic rings. The van der Waals surface area contributed by atoms with Gasteiger partial charge in [0.25, 0.3) is 0 Å². The van der Waals surface area contributed by atoms with Crippen LogP contribution in [0, 0.1) is 0 Å². The van der Waals surface area contributed by atoms with Crippen LogP contribution in [0.3, 0.4) is 0 Å². The summed E-state index contributed by atoms with van der Waals surface area (Å²) in [5.41, 5.74) is 5.26. The van der Waals surface area contributed by atoms with Gasteiger partial charge in [0.15, 0.2) is 0 Å². The molecule has 0 radical (unpaired) electrons. The zero-order valence-corrected chi connectivity index (χ0v) is 8.73. The van der Waals surface area contributed by atoms with Gasteiger partial charge in [-0.25, -0.2) is 0 Å². The SMILES string of the molecule is CC(=O)CCCCCN.CCC. The number of hydrogen-bond donors (Lipinski definition) is 1. The van der Waals surface area contributed by atoms with Crippen LogP contribution >= 0.6 is 0 Å². The maximum atomic E-state index is 10.4. The van der Waals surface area contributed by atoms with Crippen molar-refractivity contribution < 1.29 is 4.79 Å². The maximum absolute atomic E-state index is 10.4. The molecule has 0 bridgehead atoms. The number of hydrogen-bond acceptors (Lipinski definition) is 2. The Bertz CT molecular complexity index is 91.8. The number of Topliss-reactive ketones (excluding diaryl/α,β-unsaturated/α-hetero) is 1. The van der Waals surface area contributed by atoms with Crippen molar-refractivity contribution >= 4 is 5.78 Å². The quantitative estimate of drug-likeness (QED) is 0.649. The largest absolute Gasteiger partial charge is 0.330 e. The van der Waals surface area contributed by atoms with Gasteiger partial charge in [-0.2, -0.15) is 0 Å². The van der Waals surface area contributed by atoms with E-state index in [0.717, 1.165) is 32.2 Å². The molecule has 2 heteroatoms. The van der Waals surface area contributed by atoms with Crippen molar-refractivity contribution in [3.05, 3.63) is 0 Å². The van der Waals surface area contributed by atoms with Gasteiger partial charge in [-0.15, -0.1) is 0 Å². The molecular weight excluding hydrogens is 150 g/mol. The Morgan fingerprint density at radius 3 is 2.00 bits per heavy atom. The van der Waals surface area contributed by atoms with Crippen LogP contribution in [0.2, 0.25) is 0 Å².